The standard InChI is InChI=1S/C18H14BrN3/c19-15-8-6-13(7-9-15)16-10-22-17(18(16,11-20)12-21)14-4-2-1-3-5-14/h1-9,16-17,22H,10H2. The van der Waals surface area contributed by atoms with Gasteiger partial charge in [-0.3, -0.25) is 0 Å². The van der Waals surface area contributed by atoms with Crippen molar-refractivity contribution in [3.05, 3.63) is 70.2 Å². The van der Waals surface area contributed by atoms with Gasteiger partial charge in [0.1, 0.15) is 0 Å². The summed E-state index contributed by atoms with van der Waals surface area (Å²) in [7, 11) is 0. The van der Waals surface area contributed by atoms with Crippen molar-refractivity contribution in [2.45, 2.75) is 12.0 Å². The number of benzene rings is 2. The highest BCUT2D eigenvalue weighted by Crippen LogP contribution is 2.49. The average Bonchev–Trinajstić information content (AvgIpc) is 2.96. The van der Waals surface area contributed by atoms with Crippen molar-refractivity contribution in [2.75, 3.05) is 6.54 Å². The molecule has 0 spiro atoms. The van der Waals surface area contributed by atoms with Gasteiger partial charge in [0.15, 0.2) is 5.41 Å². The molecule has 1 saturated heterocycles. The van der Waals surface area contributed by atoms with Gasteiger partial charge in [-0.25, -0.2) is 0 Å². The van der Waals surface area contributed by atoms with E-state index >= 15 is 0 Å². The van der Waals surface area contributed by atoms with Crippen LogP contribution in [-0.4, -0.2) is 6.54 Å². The van der Waals surface area contributed by atoms with Crippen molar-refractivity contribution < 1.29 is 0 Å². The fourth-order valence-corrected chi connectivity index (χ4v) is 3.44. The second-order valence-corrected chi connectivity index (χ2v) is 6.36. The first-order valence-corrected chi connectivity index (χ1v) is 7.87. The molecule has 0 aromatic heterocycles. The first-order chi connectivity index (χ1) is 10.7. The minimum absolute atomic E-state index is 0.152. The van der Waals surface area contributed by atoms with Crippen molar-refractivity contribution in [1.29, 1.82) is 10.5 Å². The van der Waals surface area contributed by atoms with Gasteiger partial charge in [-0.1, -0.05) is 58.4 Å². The minimum atomic E-state index is -1.10. The molecule has 1 fully saturated rings. The zero-order valence-electron chi connectivity index (χ0n) is 11.8. The average molecular weight is 352 g/mol. The highest BCUT2D eigenvalue weighted by Gasteiger charge is 2.52. The summed E-state index contributed by atoms with van der Waals surface area (Å²) < 4.78 is 0.987. The third kappa shape index (κ3) is 2.31. The Labute approximate surface area is 138 Å². The maximum atomic E-state index is 9.81. The lowest BCUT2D eigenvalue weighted by atomic mass is 9.71. The molecule has 3 nitrogen and oxygen atoms in total. The molecule has 1 heterocycles. The zero-order valence-corrected chi connectivity index (χ0v) is 13.4. The number of nitrogens with zero attached hydrogens (tertiary/aromatic N) is 2. The molecule has 3 rings (SSSR count). The third-order valence-corrected chi connectivity index (χ3v) is 4.84. The molecule has 108 valence electrons. The molecule has 22 heavy (non-hydrogen) atoms. The summed E-state index contributed by atoms with van der Waals surface area (Å²) in [5.41, 5.74) is 0.886. The Morgan fingerprint density at radius 3 is 2.18 bits per heavy atom. The number of hydrogen-bond acceptors (Lipinski definition) is 3. The monoisotopic (exact) mass is 351 g/mol. The molecule has 0 saturated carbocycles. The molecule has 2 aromatic rings. The van der Waals surface area contributed by atoms with Crippen LogP contribution in [0, 0.1) is 28.1 Å². The van der Waals surface area contributed by atoms with E-state index in [0.29, 0.717) is 6.54 Å². The number of nitrogens with one attached hydrogen (secondary N) is 1. The first-order valence-electron chi connectivity index (χ1n) is 7.07. The van der Waals surface area contributed by atoms with Gasteiger partial charge < -0.3 is 5.32 Å². The van der Waals surface area contributed by atoms with Crippen LogP contribution in [0.1, 0.15) is 23.1 Å². The lowest BCUT2D eigenvalue weighted by Crippen LogP contribution is -2.29. The minimum Gasteiger partial charge on any atom is -0.307 e. The summed E-state index contributed by atoms with van der Waals surface area (Å²) in [4.78, 5) is 0. The topological polar surface area (TPSA) is 59.6 Å². The van der Waals surface area contributed by atoms with Gasteiger partial charge in [-0.05, 0) is 23.3 Å². The molecule has 1 N–H and O–H groups in total. The maximum absolute atomic E-state index is 9.81. The van der Waals surface area contributed by atoms with E-state index < -0.39 is 5.41 Å². The molecule has 2 unspecified atom stereocenters. The van der Waals surface area contributed by atoms with Crippen molar-refractivity contribution in [3.8, 4) is 12.1 Å². The normalized spacial score (nSPS) is 22.7. The molecular formula is C18H14BrN3. The van der Waals surface area contributed by atoms with Crippen LogP contribution in [0.15, 0.2) is 59.1 Å². The summed E-state index contributed by atoms with van der Waals surface area (Å²) in [6.07, 6.45) is 0. The van der Waals surface area contributed by atoms with Crippen LogP contribution in [0.25, 0.3) is 0 Å². The summed E-state index contributed by atoms with van der Waals surface area (Å²) in [6, 6.07) is 21.9. The summed E-state index contributed by atoms with van der Waals surface area (Å²) in [5.74, 6) is -0.152. The number of nitriles is 2. The number of halogens is 1. The fraction of sp³-hybridized carbons (Fsp3) is 0.222. The van der Waals surface area contributed by atoms with Crippen LogP contribution in [0.2, 0.25) is 0 Å². The molecule has 2 aromatic carbocycles. The molecule has 1 aliphatic heterocycles. The highest BCUT2D eigenvalue weighted by atomic mass is 79.9. The van der Waals surface area contributed by atoms with E-state index in [2.05, 4.69) is 33.4 Å². The van der Waals surface area contributed by atoms with E-state index in [1.165, 1.54) is 0 Å². The maximum Gasteiger partial charge on any atom is 0.171 e. The van der Waals surface area contributed by atoms with Crippen molar-refractivity contribution >= 4 is 15.9 Å². The second kappa shape index (κ2) is 5.93. The van der Waals surface area contributed by atoms with E-state index in [4.69, 9.17) is 0 Å². The molecule has 0 bridgehead atoms. The van der Waals surface area contributed by atoms with Gasteiger partial charge in [0, 0.05) is 16.9 Å². The Bertz CT molecular complexity index is 727. The van der Waals surface area contributed by atoms with E-state index in [1.807, 2.05) is 54.6 Å². The van der Waals surface area contributed by atoms with Crippen LogP contribution in [-0.2, 0) is 0 Å². The Kier molecular flexibility index (Phi) is 3.98. The molecular weight excluding hydrogens is 338 g/mol. The lowest BCUT2D eigenvalue weighted by molar-refractivity contribution is 0.417. The third-order valence-electron chi connectivity index (χ3n) is 4.31. The van der Waals surface area contributed by atoms with Crippen LogP contribution >= 0.6 is 15.9 Å². The Hall–Kier alpha value is -2.14. The molecule has 0 amide bonds. The molecule has 0 aliphatic carbocycles. The Morgan fingerprint density at radius 1 is 0.955 bits per heavy atom. The van der Waals surface area contributed by atoms with E-state index in [0.717, 1.165) is 15.6 Å². The van der Waals surface area contributed by atoms with Gasteiger partial charge in [0.2, 0.25) is 0 Å². The van der Waals surface area contributed by atoms with Crippen LogP contribution in [0.3, 0.4) is 0 Å². The van der Waals surface area contributed by atoms with Gasteiger partial charge in [0.05, 0.1) is 18.2 Å². The molecule has 1 aliphatic rings. The van der Waals surface area contributed by atoms with Gasteiger partial charge in [0.25, 0.3) is 0 Å². The predicted molar refractivity (Wildman–Crippen MR) is 87.7 cm³/mol. The smallest absolute Gasteiger partial charge is 0.171 e. The van der Waals surface area contributed by atoms with Crippen LogP contribution in [0.5, 0.6) is 0 Å². The van der Waals surface area contributed by atoms with E-state index in [9.17, 15) is 10.5 Å². The van der Waals surface area contributed by atoms with Gasteiger partial charge >= 0.3 is 0 Å². The number of rotatable bonds is 2. The van der Waals surface area contributed by atoms with Gasteiger partial charge in [-0.2, -0.15) is 10.5 Å². The van der Waals surface area contributed by atoms with Crippen molar-refractivity contribution in [2.24, 2.45) is 5.41 Å². The zero-order chi connectivity index (χ0) is 15.6. The Morgan fingerprint density at radius 2 is 1.59 bits per heavy atom. The second-order valence-electron chi connectivity index (χ2n) is 5.45. The lowest BCUT2D eigenvalue weighted by Gasteiger charge is -2.26. The van der Waals surface area contributed by atoms with E-state index in [-0.39, 0.29) is 12.0 Å². The SMILES string of the molecule is N#CC1(C#N)C(c2ccc(Br)cc2)CNC1c1ccccc1. The van der Waals surface area contributed by atoms with Crippen molar-refractivity contribution in [3.63, 3.8) is 0 Å². The summed E-state index contributed by atoms with van der Waals surface area (Å²) in [5, 5.41) is 23.0. The molecule has 4 heteroatoms. The van der Waals surface area contributed by atoms with Crippen LogP contribution < -0.4 is 5.32 Å². The van der Waals surface area contributed by atoms with E-state index in [1.54, 1.807) is 0 Å². The number of hydrogen-bond donors (Lipinski definition) is 1. The Balaban J connectivity index is 2.05. The quantitative estimate of drug-likeness (QED) is 0.892. The van der Waals surface area contributed by atoms with Crippen LogP contribution in [0.4, 0.5) is 0 Å². The fourth-order valence-electron chi connectivity index (χ4n) is 3.17. The summed E-state index contributed by atoms with van der Waals surface area (Å²) in [6.45, 7) is 0.613. The molecule has 0 radical (unpaired) electrons. The summed E-state index contributed by atoms with van der Waals surface area (Å²) >= 11 is 3.42. The predicted octanol–water partition coefficient (Wildman–Crippen LogP) is 3.91. The first kappa shape index (κ1) is 14.8. The molecule has 2 atom stereocenters. The highest BCUT2D eigenvalue weighted by molar-refractivity contribution is 9.10. The van der Waals surface area contributed by atoms with Crippen molar-refractivity contribution in [1.82, 2.24) is 5.32 Å². The largest absolute Gasteiger partial charge is 0.307 e. The van der Waals surface area contributed by atoms with Gasteiger partial charge in [-0.15, -0.1) is 0 Å².